The van der Waals surface area contributed by atoms with E-state index in [2.05, 4.69) is 10.2 Å². The van der Waals surface area contributed by atoms with Crippen LogP contribution in [0.5, 0.6) is 0 Å². The summed E-state index contributed by atoms with van der Waals surface area (Å²) in [5, 5.41) is 6.50. The van der Waals surface area contributed by atoms with Crippen LogP contribution in [-0.4, -0.2) is 10.2 Å². The van der Waals surface area contributed by atoms with Gasteiger partial charge in [0.15, 0.2) is 0 Å². The average molecular weight is 273 g/mol. The van der Waals surface area contributed by atoms with Crippen molar-refractivity contribution in [2.45, 2.75) is 19.0 Å². The number of H-pyrrole nitrogens is 1. The molecule has 0 saturated carbocycles. The van der Waals surface area contributed by atoms with Crippen LogP contribution in [-0.2, 0) is 19.0 Å². The van der Waals surface area contributed by atoms with Crippen molar-refractivity contribution >= 4 is 11.6 Å². The highest BCUT2D eigenvalue weighted by Gasteiger charge is 2.38. The molecule has 6 heteroatoms. The summed E-state index contributed by atoms with van der Waals surface area (Å²) in [5.74, 6) is 0. The number of hydrogen-bond donors (Lipinski definition) is 1. The maximum absolute atomic E-state index is 12.8. The highest BCUT2D eigenvalue weighted by atomic mass is 35.5. The van der Waals surface area contributed by atoms with Gasteiger partial charge in [0.2, 0.25) is 0 Å². The number of nitrogens with zero attached hydrogens (tertiary/aromatic N) is 1. The van der Waals surface area contributed by atoms with E-state index in [1.54, 1.807) is 18.2 Å². The lowest BCUT2D eigenvalue weighted by molar-refractivity contribution is -0.141. The van der Waals surface area contributed by atoms with E-state index in [-0.39, 0.29) is 5.56 Å². The van der Waals surface area contributed by atoms with Crippen LogP contribution in [0, 0.1) is 0 Å². The van der Waals surface area contributed by atoms with E-state index in [1.165, 1.54) is 0 Å². The zero-order valence-electron chi connectivity index (χ0n) is 9.11. The monoisotopic (exact) mass is 272 g/mol. The van der Waals surface area contributed by atoms with E-state index < -0.39 is 11.9 Å². The van der Waals surface area contributed by atoms with Gasteiger partial charge in [-0.2, -0.15) is 18.3 Å². The molecule has 1 aromatic heterocycles. The van der Waals surface area contributed by atoms with Crippen LogP contribution in [0.15, 0.2) is 18.2 Å². The molecule has 0 unspecified atom stereocenters. The molecule has 0 bridgehead atoms. The third-order valence-electron chi connectivity index (χ3n) is 3.12. The van der Waals surface area contributed by atoms with Gasteiger partial charge in [0.05, 0.1) is 5.69 Å². The van der Waals surface area contributed by atoms with Crippen LogP contribution < -0.4 is 0 Å². The minimum absolute atomic E-state index is 0.248. The lowest BCUT2D eigenvalue weighted by Crippen LogP contribution is -2.11. The van der Waals surface area contributed by atoms with Crippen LogP contribution in [0.4, 0.5) is 13.2 Å². The van der Waals surface area contributed by atoms with Gasteiger partial charge < -0.3 is 0 Å². The Kier molecular flexibility index (Phi) is 2.41. The Morgan fingerprint density at radius 2 is 2.00 bits per heavy atom. The van der Waals surface area contributed by atoms with Crippen molar-refractivity contribution in [2.24, 2.45) is 0 Å². The van der Waals surface area contributed by atoms with Crippen LogP contribution in [0.25, 0.3) is 11.3 Å². The van der Waals surface area contributed by atoms with Gasteiger partial charge in [-0.15, -0.1) is 0 Å². The Hall–Kier alpha value is -1.49. The first-order valence-corrected chi connectivity index (χ1v) is 5.78. The highest BCUT2D eigenvalue weighted by molar-refractivity contribution is 6.30. The van der Waals surface area contributed by atoms with Crippen molar-refractivity contribution < 1.29 is 13.2 Å². The Labute approximate surface area is 106 Å². The predicted molar refractivity (Wildman–Crippen MR) is 61.4 cm³/mol. The molecule has 1 aliphatic rings. The number of halogens is 4. The molecular formula is C12H8ClF3N2. The molecule has 2 aromatic rings. The minimum atomic E-state index is -4.38. The molecule has 0 atom stereocenters. The molecule has 0 aliphatic heterocycles. The SMILES string of the molecule is FC(F)(F)c1[nH]nc2c1CCc1cc(Cl)ccc1-2. The van der Waals surface area contributed by atoms with E-state index in [4.69, 9.17) is 11.6 Å². The first-order valence-electron chi connectivity index (χ1n) is 5.40. The summed E-state index contributed by atoms with van der Waals surface area (Å²) in [7, 11) is 0. The molecule has 0 saturated heterocycles. The van der Waals surface area contributed by atoms with Gasteiger partial charge in [-0.05, 0) is 30.5 Å². The maximum Gasteiger partial charge on any atom is 0.433 e. The Morgan fingerprint density at radius 3 is 2.72 bits per heavy atom. The van der Waals surface area contributed by atoms with Crippen LogP contribution >= 0.6 is 11.6 Å². The summed E-state index contributed by atoms with van der Waals surface area (Å²) in [6.07, 6.45) is -3.51. The van der Waals surface area contributed by atoms with Crippen LogP contribution in [0.2, 0.25) is 5.02 Å². The third kappa shape index (κ3) is 1.70. The summed E-state index contributed by atoms with van der Waals surface area (Å²) >= 11 is 5.87. The molecule has 2 nitrogen and oxygen atoms in total. The fraction of sp³-hybridized carbons (Fsp3) is 0.250. The fourth-order valence-electron chi connectivity index (χ4n) is 2.33. The van der Waals surface area contributed by atoms with Crippen molar-refractivity contribution in [3.63, 3.8) is 0 Å². The van der Waals surface area contributed by atoms with E-state index >= 15 is 0 Å². The van der Waals surface area contributed by atoms with Gasteiger partial charge in [-0.25, -0.2) is 0 Å². The molecule has 0 radical (unpaired) electrons. The average Bonchev–Trinajstić information content (AvgIpc) is 2.71. The molecule has 3 rings (SSSR count). The number of alkyl halides is 3. The number of hydrogen-bond acceptors (Lipinski definition) is 1. The summed E-state index contributed by atoms with van der Waals surface area (Å²) in [5.41, 5.74) is 1.57. The normalized spacial score (nSPS) is 14.2. The maximum atomic E-state index is 12.8. The summed E-state index contributed by atoms with van der Waals surface area (Å²) in [4.78, 5) is 0. The zero-order chi connectivity index (χ0) is 12.9. The van der Waals surface area contributed by atoms with Gasteiger partial charge in [0.1, 0.15) is 5.69 Å². The molecule has 1 aliphatic carbocycles. The largest absolute Gasteiger partial charge is 0.433 e. The van der Waals surface area contributed by atoms with Crippen molar-refractivity contribution in [2.75, 3.05) is 0 Å². The van der Waals surface area contributed by atoms with Crippen molar-refractivity contribution in [3.05, 3.63) is 40.0 Å². The van der Waals surface area contributed by atoms with Crippen molar-refractivity contribution in [1.82, 2.24) is 10.2 Å². The number of aryl methyl sites for hydroxylation is 1. The van der Waals surface area contributed by atoms with Gasteiger partial charge >= 0.3 is 6.18 Å². The lowest BCUT2D eigenvalue weighted by atomic mass is 9.89. The molecule has 1 heterocycles. The Balaban J connectivity index is 2.18. The molecule has 1 aromatic carbocycles. The number of fused-ring (bicyclic) bond motifs is 3. The molecule has 18 heavy (non-hydrogen) atoms. The smallest absolute Gasteiger partial charge is 0.273 e. The number of benzene rings is 1. The highest BCUT2D eigenvalue weighted by Crippen LogP contribution is 2.40. The minimum Gasteiger partial charge on any atom is -0.273 e. The lowest BCUT2D eigenvalue weighted by Gasteiger charge is -2.16. The van der Waals surface area contributed by atoms with Gasteiger partial charge in [0, 0.05) is 16.1 Å². The first-order chi connectivity index (χ1) is 8.47. The number of nitrogens with one attached hydrogen (secondary N) is 1. The van der Waals surface area contributed by atoms with E-state index in [0.29, 0.717) is 23.6 Å². The second-order valence-corrected chi connectivity index (χ2v) is 4.66. The molecule has 94 valence electrons. The number of aromatic nitrogens is 2. The fourth-order valence-corrected chi connectivity index (χ4v) is 2.52. The van der Waals surface area contributed by atoms with Gasteiger partial charge in [-0.3, -0.25) is 5.10 Å². The zero-order valence-corrected chi connectivity index (χ0v) is 9.86. The summed E-state index contributed by atoms with van der Waals surface area (Å²) in [6.45, 7) is 0. The molecule has 0 spiro atoms. The molecule has 1 N–H and O–H groups in total. The van der Waals surface area contributed by atoms with E-state index in [1.807, 2.05) is 0 Å². The predicted octanol–water partition coefficient (Wildman–Crippen LogP) is 3.85. The quantitative estimate of drug-likeness (QED) is 0.775. The Morgan fingerprint density at radius 1 is 1.22 bits per heavy atom. The van der Waals surface area contributed by atoms with Crippen LogP contribution in [0.3, 0.4) is 0 Å². The Bertz CT molecular complexity index is 616. The van der Waals surface area contributed by atoms with Gasteiger partial charge in [-0.1, -0.05) is 17.7 Å². The molecular weight excluding hydrogens is 265 g/mol. The second kappa shape index (κ2) is 3.75. The molecule has 0 fully saturated rings. The van der Waals surface area contributed by atoms with E-state index in [9.17, 15) is 13.2 Å². The third-order valence-corrected chi connectivity index (χ3v) is 3.35. The topological polar surface area (TPSA) is 28.7 Å². The van der Waals surface area contributed by atoms with Crippen LogP contribution in [0.1, 0.15) is 16.8 Å². The number of rotatable bonds is 0. The standard InChI is InChI=1S/C12H8ClF3N2/c13-7-2-4-8-6(5-7)1-3-9-10(8)17-18-11(9)12(14,15)16/h2,4-5H,1,3H2,(H,17,18). The van der Waals surface area contributed by atoms with Gasteiger partial charge in [0.25, 0.3) is 0 Å². The summed E-state index contributed by atoms with van der Waals surface area (Å²) in [6, 6.07) is 5.16. The number of aromatic amines is 1. The molecule has 0 amide bonds. The summed E-state index contributed by atoms with van der Waals surface area (Å²) < 4.78 is 38.3. The van der Waals surface area contributed by atoms with Crippen molar-refractivity contribution in [1.29, 1.82) is 0 Å². The van der Waals surface area contributed by atoms with Crippen molar-refractivity contribution in [3.8, 4) is 11.3 Å². The first kappa shape index (κ1) is 11.6. The van der Waals surface area contributed by atoms with E-state index in [0.717, 1.165) is 11.1 Å². The second-order valence-electron chi connectivity index (χ2n) is 4.22.